The van der Waals surface area contributed by atoms with Gasteiger partial charge in [0.15, 0.2) is 17.5 Å². The van der Waals surface area contributed by atoms with Gasteiger partial charge in [-0.1, -0.05) is 0 Å². The Morgan fingerprint density at radius 2 is 1.50 bits per heavy atom. The first-order valence-corrected chi connectivity index (χ1v) is 7.19. The topological polar surface area (TPSA) is 50.7 Å². The molecule has 1 unspecified atom stereocenters. The fourth-order valence-electron chi connectivity index (χ4n) is 2.27. The average Bonchev–Trinajstić information content (AvgIpc) is 2.59. The Morgan fingerprint density at radius 1 is 0.958 bits per heavy atom. The Bertz CT molecular complexity index is 664. The van der Waals surface area contributed by atoms with Gasteiger partial charge in [-0.25, -0.2) is 13.2 Å². The van der Waals surface area contributed by atoms with Crippen molar-refractivity contribution in [3.63, 3.8) is 0 Å². The number of ether oxygens (including phenoxy) is 2. The van der Waals surface area contributed by atoms with Crippen LogP contribution in [-0.2, 0) is 6.54 Å². The van der Waals surface area contributed by atoms with E-state index in [9.17, 15) is 18.3 Å². The van der Waals surface area contributed by atoms with Crippen LogP contribution in [0.25, 0.3) is 0 Å². The molecular weight excluding hydrogens is 323 g/mol. The van der Waals surface area contributed by atoms with Crippen LogP contribution in [0, 0.1) is 17.5 Å². The molecule has 2 aromatic rings. The molecule has 0 bridgehead atoms. The Kier molecular flexibility index (Phi) is 6.05. The van der Waals surface area contributed by atoms with Crippen molar-refractivity contribution in [1.82, 2.24) is 5.32 Å². The predicted molar refractivity (Wildman–Crippen MR) is 82.5 cm³/mol. The second kappa shape index (κ2) is 8.03. The molecule has 0 aromatic heterocycles. The Morgan fingerprint density at radius 3 is 1.96 bits per heavy atom. The summed E-state index contributed by atoms with van der Waals surface area (Å²) < 4.78 is 50.0. The quantitative estimate of drug-likeness (QED) is 0.761. The minimum Gasteiger partial charge on any atom is -0.497 e. The molecule has 0 fully saturated rings. The lowest BCUT2D eigenvalue weighted by molar-refractivity contribution is 0.242. The molecule has 7 heteroatoms. The number of hydrogen-bond acceptors (Lipinski definition) is 4. The summed E-state index contributed by atoms with van der Waals surface area (Å²) in [4.78, 5) is 0. The van der Waals surface area contributed by atoms with Gasteiger partial charge >= 0.3 is 0 Å². The van der Waals surface area contributed by atoms with Crippen molar-refractivity contribution in [2.75, 3.05) is 20.8 Å². The smallest absolute Gasteiger partial charge is 0.194 e. The van der Waals surface area contributed by atoms with E-state index in [1.54, 1.807) is 18.2 Å². The maximum absolute atomic E-state index is 13.3. The highest BCUT2D eigenvalue weighted by atomic mass is 19.2. The van der Waals surface area contributed by atoms with Gasteiger partial charge in [-0.2, -0.15) is 0 Å². The lowest BCUT2D eigenvalue weighted by Crippen LogP contribution is -2.24. The van der Waals surface area contributed by atoms with Gasteiger partial charge < -0.3 is 19.9 Å². The van der Waals surface area contributed by atoms with Gasteiger partial charge in [-0.3, -0.25) is 0 Å². The Labute approximate surface area is 137 Å². The van der Waals surface area contributed by atoms with Crippen LogP contribution < -0.4 is 14.8 Å². The van der Waals surface area contributed by atoms with Gasteiger partial charge in [0.25, 0.3) is 0 Å². The van der Waals surface area contributed by atoms with Crippen molar-refractivity contribution in [3.05, 3.63) is 58.9 Å². The minimum atomic E-state index is -1.53. The number of aliphatic hydroxyl groups is 1. The second-order valence-electron chi connectivity index (χ2n) is 5.14. The molecule has 130 valence electrons. The number of nitrogens with one attached hydrogen (secondary N) is 1. The molecule has 2 aromatic carbocycles. The first kappa shape index (κ1) is 18.1. The molecule has 24 heavy (non-hydrogen) atoms. The van der Waals surface area contributed by atoms with E-state index in [2.05, 4.69) is 5.32 Å². The Balaban J connectivity index is 2.17. The molecule has 0 saturated carbocycles. The van der Waals surface area contributed by atoms with Crippen LogP contribution >= 0.6 is 0 Å². The van der Waals surface area contributed by atoms with Crippen molar-refractivity contribution in [2.45, 2.75) is 12.6 Å². The van der Waals surface area contributed by atoms with Crippen molar-refractivity contribution in [2.24, 2.45) is 0 Å². The first-order chi connectivity index (χ1) is 11.5. The Hall–Kier alpha value is -2.25. The molecule has 0 radical (unpaired) electrons. The zero-order valence-electron chi connectivity index (χ0n) is 13.3. The summed E-state index contributed by atoms with van der Waals surface area (Å²) >= 11 is 0. The monoisotopic (exact) mass is 341 g/mol. The van der Waals surface area contributed by atoms with E-state index >= 15 is 0 Å². The number of hydrogen-bond donors (Lipinski definition) is 2. The summed E-state index contributed by atoms with van der Waals surface area (Å²) in [5.74, 6) is -2.95. The summed E-state index contributed by atoms with van der Waals surface area (Å²) in [7, 11) is 3.04. The van der Waals surface area contributed by atoms with Crippen LogP contribution in [0.15, 0.2) is 30.3 Å². The maximum atomic E-state index is 13.3. The second-order valence-corrected chi connectivity index (χ2v) is 5.14. The zero-order valence-corrected chi connectivity index (χ0v) is 13.3. The lowest BCUT2D eigenvalue weighted by atomic mass is 10.1. The van der Waals surface area contributed by atoms with Gasteiger partial charge in [-0.05, 0) is 35.4 Å². The number of benzene rings is 2. The maximum Gasteiger partial charge on any atom is 0.194 e. The number of aliphatic hydroxyl groups excluding tert-OH is 1. The van der Waals surface area contributed by atoms with E-state index < -0.39 is 30.1 Å². The molecule has 0 amide bonds. The summed E-state index contributed by atoms with van der Waals surface area (Å²) in [5.41, 5.74) is 0.900. The standard InChI is InChI=1S/C17H18F3NO3/c1-23-12-3-10(4-13(7-12)24-2)8-21-16(9-22)11-5-14(18)17(20)15(19)6-11/h3-7,16,21-22H,8-9H2,1-2H3. The van der Waals surface area contributed by atoms with Gasteiger partial charge in [0.2, 0.25) is 0 Å². The molecule has 2 rings (SSSR count). The van der Waals surface area contributed by atoms with Crippen molar-refractivity contribution < 1.29 is 27.8 Å². The van der Waals surface area contributed by atoms with E-state index in [0.717, 1.165) is 17.7 Å². The lowest BCUT2D eigenvalue weighted by Gasteiger charge is -2.18. The largest absolute Gasteiger partial charge is 0.497 e. The van der Waals surface area contributed by atoms with Crippen LogP contribution in [0.1, 0.15) is 17.2 Å². The summed E-state index contributed by atoms with van der Waals surface area (Å²) in [6, 6.07) is 6.19. The van der Waals surface area contributed by atoms with Gasteiger partial charge in [0.1, 0.15) is 11.5 Å². The zero-order chi connectivity index (χ0) is 17.7. The fraction of sp³-hybridized carbons (Fsp3) is 0.294. The van der Waals surface area contributed by atoms with Gasteiger partial charge in [0, 0.05) is 12.6 Å². The SMILES string of the molecule is COc1cc(CNC(CO)c2cc(F)c(F)c(F)c2)cc(OC)c1. The molecule has 0 spiro atoms. The molecule has 0 aliphatic rings. The molecule has 1 atom stereocenters. The molecule has 0 aliphatic carbocycles. The van der Waals surface area contributed by atoms with Crippen molar-refractivity contribution in [3.8, 4) is 11.5 Å². The molecule has 0 saturated heterocycles. The summed E-state index contributed by atoms with van der Waals surface area (Å²) in [5, 5.41) is 12.4. The van der Waals surface area contributed by atoms with E-state index in [4.69, 9.17) is 9.47 Å². The third kappa shape index (κ3) is 4.18. The molecule has 0 heterocycles. The van der Waals surface area contributed by atoms with Gasteiger partial charge in [-0.15, -0.1) is 0 Å². The highest BCUT2D eigenvalue weighted by molar-refractivity contribution is 5.38. The summed E-state index contributed by atoms with van der Waals surface area (Å²) in [6.07, 6.45) is 0. The van der Waals surface area contributed by atoms with Gasteiger partial charge in [0.05, 0.1) is 26.9 Å². The fourth-order valence-corrected chi connectivity index (χ4v) is 2.27. The summed E-state index contributed by atoms with van der Waals surface area (Å²) in [6.45, 7) is -0.134. The third-order valence-corrected chi connectivity index (χ3v) is 3.55. The average molecular weight is 341 g/mol. The van der Waals surface area contributed by atoms with Crippen molar-refractivity contribution >= 4 is 0 Å². The predicted octanol–water partition coefficient (Wildman–Crippen LogP) is 2.94. The molecular formula is C17H18F3NO3. The van der Waals surface area contributed by atoms with E-state index in [1.165, 1.54) is 14.2 Å². The van der Waals surface area contributed by atoms with Crippen LogP contribution in [0.4, 0.5) is 13.2 Å². The highest BCUT2D eigenvalue weighted by Crippen LogP contribution is 2.24. The third-order valence-electron chi connectivity index (χ3n) is 3.55. The highest BCUT2D eigenvalue weighted by Gasteiger charge is 2.17. The minimum absolute atomic E-state index is 0.115. The van der Waals surface area contributed by atoms with Crippen molar-refractivity contribution in [1.29, 1.82) is 0 Å². The number of rotatable bonds is 7. The first-order valence-electron chi connectivity index (χ1n) is 7.19. The van der Waals surface area contributed by atoms with E-state index in [-0.39, 0.29) is 12.1 Å². The molecule has 4 nitrogen and oxygen atoms in total. The van der Waals surface area contributed by atoms with Crippen LogP contribution in [0.3, 0.4) is 0 Å². The normalized spacial score (nSPS) is 12.1. The molecule has 0 aliphatic heterocycles. The number of methoxy groups -OCH3 is 2. The van der Waals surface area contributed by atoms with E-state index in [1.807, 2.05) is 0 Å². The van der Waals surface area contributed by atoms with Crippen LogP contribution in [0.5, 0.6) is 11.5 Å². The van der Waals surface area contributed by atoms with Crippen LogP contribution in [0.2, 0.25) is 0 Å². The molecule has 2 N–H and O–H groups in total. The number of halogens is 3. The van der Waals surface area contributed by atoms with Crippen LogP contribution in [-0.4, -0.2) is 25.9 Å². The van der Waals surface area contributed by atoms with E-state index in [0.29, 0.717) is 11.5 Å².